The zero-order valence-corrected chi connectivity index (χ0v) is 11.0. The first-order chi connectivity index (χ1) is 8.65. The standard InChI is InChI=1S/C12H16ClN.CH3NO2/c13-9-11-3-1-2-4-12(11)10-5-7-14-8-6-10;2-1(3)4/h1-4,10,14H,5-9H2;2H2,(H,3,4). The Kier molecular flexibility index (Phi) is 6.54. The summed E-state index contributed by atoms with van der Waals surface area (Å²) in [6.45, 7) is 2.28. The number of hydrogen-bond donors (Lipinski definition) is 3. The van der Waals surface area contributed by atoms with E-state index < -0.39 is 6.09 Å². The zero-order chi connectivity index (χ0) is 13.4. The Morgan fingerprint density at radius 3 is 2.50 bits per heavy atom. The number of carboxylic acid groups (broad SMARTS) is 1. The van der Waals surface area contributed by atoms with Gasteiger partial charge in [0.25, 0.3) is 0 Å². The molecule has 1 saturated heterocycles. The fraction of sp³-hybridized carbons (Fsp3) is 0.462. The lowest BCUT2D eigenvalue weighted by molar-refractivity contribution is 0.205. The van der Waals surface area contributed by atoms with Crippen LogP contribution in [0.4, 0.5) is 4.79 Å². The molecule has 1 fully saturated rings. The van der Waals surface area contributed by atoms with E-state index >= 15 is 0 Å². The quantitative estimate of drug-likeness (QED) is 0.723. The van der Waals surface area contributed by atoms with Gasteiger partial charge in [-0.15, -0.1) is 11.6 Å². The lowest BCUT2D eigenvalue weighted by atomic mass is 9.87. The number of halogens is 1. The average Bonchev–Trinajstić information content (AvgIpc) is 2.39. The Labute approximate surface area is 112 Å². The van der Waals surface area contributed by atoms with Crippen LogP contribution >= 0.6 is 11.6 Å². The highest BCUT2D eigenvalue weighted by Gasteiger charge is 2.16. The van der Waals surface area contributed by atoms with Crippen molar-refractivity contribution in [1.82, 2.24) is 5.32 Å². The topological polar surface area (TPSA) is 75.3 Å². The summed E-state index contributed by atoms with van der Waals surface area (Å²) >= 11 is 5.94. The van der Waals surface area contributed by atoms with E-state index in [-0.39, 0.29) is 0 Å². The molecular weight excluding hydrogens is 252 g/mol. The molecule has 18 heavy (non-hydrogen) atoms. The molecule has 1 aliphatic heterocycles. The summed E-state index contributed by atoms with van der Waals surface area (Å²) in [5, 5.41) is 10.6. The number of primary amides is 1. The van der Waals surface area contributed by atoms with Crippen LogP contribution in [0, 0.1) is 0 Å². The first-order valence-corrected chi connectivity index (χ1v) is 6.51. The Bertz CT molecular complexity index is 375. The number of piperidine rings is 1. The van der Waals surface area contributed by atoms with Crippen LogP contribution < -0.4 is 11.1 Å². The second-order valence-corrected chi connectivity index (χ2v) is 4.46. The van der Waals surface area contributed by atoms with Gasteiger partial charge in [0.2, 0.25) is 0 Å². The summed E-state index contributed by atoms with van der Waals surface area (Å²) in [6, 6.07) is 8.56. The molecule has 1 amide bonds. The first-order valence-electron chi connectivity index (χ1n) is 5.98. The molecule has 1 aromatic carbocycles. The first kappa shape index (κ1) is 14.8. The molecule has 5 heteroatoms. The van der Waals surface area contributed by atoms with E-state index in [0.717, 1.165) is 13.1 Å². The van der Waals surface area contributed by atoms with E-state index in [1.54, 1.807) is 0 Å². The largest absolute Gasteiger partial charge is 0.465 e. The number of amides is 1. The van der Waals surface area contributed by atoms with E-state index in [2.05, 4.69) is 35.3 Å². The maximum Gasteiger partial charge on any atom is 0.402 e. The monoisotopic (exact) mass is 270 g/mol. The van der Waals surface area contributed by atoms with Gasteiger partial charge in [0.15, 0.2) is 0 Å². The van der Waals surface area contributed by atoms with Gasteiger partial charge < -0.3 is 16.2 Å². The highest BCUT2D eigenvalue weighted by atomic mass is 35.5. The number of alkyl halides is 1. The number of carbonyl (C=O) groups is 1. The molecule has 4 nitrogen and oxygen atoms in total. The van der Waals surface area contributed by atoms with Crippen molar-refractivity contribution >= 4 is 17.7 Å². The number of nitrogens with two attached hydrogens (primary N) is 1. The number of hydrogen-bond acceptors (Lipinski definition) is 2. The van der Waals surface area contributed by atoms with Gasteiger partial charge in [-0.2, -0.15) is 0 Å². The highest BCUT2D eigenvalue weighted by molar-refractivity contribution is 6.17. The van der Waals surface area contributed by atoms with Gasteiger partial charge >= 0.3 is 6.09 Å². The molecule has 0 saturated carbocycles. The van der Waals surface area contributed by atoms with E-state index in [4.69, 9.17) is 21.5 Å². The highest BCUT2D eigenvalue weighted by Crippen LogP contribution is 2.28. The van der Waals surface area contributed by atoms with Crippen LogP contribution in [-0.2, 0) is 5.88 Å². The molecule has 0 aromatic heterocycles. The minimum atomic E-state index is -1.33. The molecule has 0 spiro atoms. The van der Waals surface area contributed by atoms with Gasteiger partial charge in [0.1, 0.15) is 0 Å². The maximum absolute atomic E-state index is 8.78. The van der Waals surface area contributed by atoms with Crippen LogP contribution in [-0.4, -0.2) is 24.3 Å². The molecule has 0 unspecified atom stereocenters. The second-order valence-electron chi connectivity index (χ2n) is 4.19. The fourth-order valence-electron chi connectivity index (χ4n) is 2.19. The molecular formula is C13H19ClN2O2. The summed E-state index contributed by atoms with van der Waals surface area (Å²) in [4.78, 5) is 8.78. The maximum atomic E-state index is 8.78. The van der Waals surface area contributed by atoms with Crippen LogP contribution in [0.1, 0.15) is 29.9 Å². The summed E-state index contributed by atoms with van der Waals surface area (Å²) in [5.41, 5.74) is 6.80. The SMILES string of the molecule is ClCc1ccccc1C1CCNCC1.NC(=O)O. The van der Waals surface area contributed by atoms with E-state index in [1.165, 1.54) is 24.0 Å². The van der Waals surface area contributed by atoms with Crippen LogP contribution in [0.5, 0.6) is 0 Å². The van der Waals surface area contributed by atoms with Gasteiger partial charge in [0, 0.05) is 5.88 Å². The smallest absolute Gasteiger partial charge is 0.402 e. The Morgan fingerprint density at radius 1 is 1.39 bits per heavy atom. The van der Waals surface area contributed by atoms with Gasteiger partial charge in [-0.25, -0.2) is 4.79 Å². The van der Waals surface area contributed by atoms with Crippen LogP contribution in [0.25, 0.3) is 0 Å². The van der Waals surface area contributed by atoms with Crippen molar-refractivity contribution in [3.05, 3.63) is 35.4 Å². The van der Waals surface area contributed by atoms with Crippen molar-refractivity contribution in [2.75, 3.05) is 13.1 Å². The lowest BCUT2D eigenvalue weighted by Gasteiger charge is -2.24. The number of rotatable bonds is 2. The van der Waals surface area contributed by atoms with Crippen molar-refractivity contribution in [1.29, 1.82) is 0 Å². The molecule has 100 valence electrons. The van der Waals surface area contributed by atoms with Crippen molar-refractivity contribution in [3.63, 3.8) is 0 Å². The predicted octanol–water partition coefficient (Wildman–Crippen LogP) is 2.52. The lowest BCUT2D eigenvalue weighted by Crippen LogP contribution is -2.27. The minimum Gasteiger partial charge on any atom is -0.465 e. The zero-order valence-electron chi connectivity index (χ0n) is 10.2. The summed E-state index contributed by atoms with van der Waals surface area (Å²) in [7, 11) is 0. The molecule has 0 atom stereocenters. The van der Waals surface area contributed by atoms with Crippen LogP contribution in [0.3, 0.4) is 0 Å². The Morgan fingerprint density at radius 2 is 1.94 bits per heavy atom. The molecule has 2 rings (SSSR count). The van der Waals surface area contributed by atoms with E-state index in [9.17, 15) is 0 Å². The van der Waals surface area contributed by atoms with Crippen LogP contribution in [0.15, 0.2) is 24.3 Å². The van der Waals surface area contributed by atoms with Gasteiger partial charge in [-0.3, -0.25) is 0 Å². The van der Waals surface area contributed by atoms with Crippen molar-refractivity contribution in [3.8, 4) is 0 Å². The predicted molar refractivity (Wildman–Crippen MR) is 73.1 cm³/mol. The molecule has 0 radical (unpaired) electrons. The van der Waals surface area contributed by atoms with Gasteiger partial charge in [-0.1, -0.05) is 24.3 Å². The third kappa shape index (κ3) is 4.94. The molecule has 1 aliphatic rings. The Hall–Kier alpha value is -1.26. The van der Waals surface area contributed by atoms with E-state index in [1.807, 2.05) is 0 Å². The molecule has 0 aliphatic carbocycles. The van der Waals surface area contributed by atoms with Crippen molar-refractivity contribution in [2.24, 2.45) is 5.73 Å². The third-order valence-electron chi connectivity index (χ3n) is 2.98. The number of benzene rings is 1. The second kappa shape index (κ2) is 7.95. The summed E-state index contributed by atoms with van der Waals surface area (Å²) < 4.78 is 0. The summed E-state index contributed by atoms with van der Waals surface area (Å²) in [6.07, 6.45) is 1.15. The van der Waals surface area contributed by atoms with Gasteiger partial charge in [0.05, 0.1) is 0 Å². The summed E-state index contributed by atoms with van der Waals surface area (Å²) in [5.74, 6) is 1.35. The third-order valence-corrected chi connectivity index (χ3v) is 3.27. The van der Waals surface area contributed by atoms with Crippen molar-refractivity contribution in [2.45, 2.75) is 24.6 Å². The molecule has 0 bridgehead atoms. The van der Waals surface area contributed by atoms with Gasteiger partial charge in [-0.05, 0) is 43.0 Å². The van der Waals surface area contributed by atoms with Crippen LogP contribution in [0.2, 0.25) is 0 Å². The minimum absolute atomic E-state index is 0.639. The number of nitrogens with one attached hydrogen (secondary N) is 1. The molecule has 4 N–H and O–H groups in total. The fourth-order valence-corrected chi connectivity index (χ4v) is 2.43. The molecule has 1 aromatic rings. The average molecular weight is 271 g/mol. The Balaban J connectivity index is 0.000000357. The van der Waals surface area contributed by atoms with Crippen molar-refractivity contribution < 1.29 is 9.90 Å². The normalized spacial score (nSPS) is 15.6. The van der Waals surface area contributed by atoms with E-state index in [0.29, 0.717) is 11.8 Å². The molecule has 1 heterocycles.